The van der Waals surface area contributed by atoms with Crippen LogP contribution in [0.2, 0.25) is 0 Å². The van der Waals surface area contributed by atoms with Gasteiger partial charge >= 0.3 is 0 Å². The predicted octanol–water partition coefficient (Wildman–Crippen LogP) is 4.64. The van der Waals surface area contributed by atoms with Crippen LogP contribution in [0.3, 0.4) is 0 Å². The zero-order valence-electron chi connectivity index (χ0n) is 22.6. The molecule has 1 atom stereocenters. The van der Waals surface area contributed by atoms with Crippen LogP contribution in [0.15, 0.2) is 91.0 Å². The van der Waals surface area contributed by atoms with Crippen molar-refractivity contribution in [3.05, 3.63) is 114 Å². The molecule has 3 N–H and O–H groups in total. The maximum absolute atomic E-state index is 14.2. The average molecular weight is 541 g/mol. The predicted molar refractivity (Wildman–Crippen MR) is 156 cm³/mol. The Kier molecular flexibility index (Phi) is 9.59. The van der Waals surface area contributed by atoms with E-state index in [-0.39, 0.29) is 23.6 Å². The van der Waals surface area contributed by atoms with Crippen molar-refractivity contribution >= 4 is 34.2 Å². The molecule has 0 fully saturated rings. The molecule has 40 heavy (non-hydrogen) atoms. The highest BCUT2D eigenvalue weighted by Gasteiger charge is 2.24. The van der Waals surface area contributed by atoms with Gasteiger partial charge < -0.3 is 20.9 Å². The van der Waals surface area contributed by atoms with Crippen molar-refractivity contribution < 1.29 is 18.8 Å². The molecular weight excluding hydrogens is 507 g/mol. The van der Waals surface area contributed by atoms with Crippen LogP contribution in [-0.2, 0) is 11.2 Å². The smallest absolute Gasteiger partial charge is 0.255 e. The summed E-state index contributed by atoms with van der Waals surface area (Å²) >= 11 is 0. The molecule has 4 aromatic rings. The van der Waals surface area contributed by atoms with Crippen molar-refractivity contribution in [2.45, 2.75) is 18.9 Å². The number of nitrogens with one attached hydrogen (secondary N) is 3. The summed E-state index contributed by atoms with van der Waals surface area (Å²) in [6.07, 6.45) is 1.03. The normalized spacial score (nSPS) is 11.7. The quantitative estimate of drug-likeness (QED) is 0.242. The number of carbonyl (C=O) groups is 3. The number of amides is 3. The number of rotatable bonds is 11. The molecule has 4 rings (SSSR count). The molecule has 0 saturated heterocycles. The first-order valence-corrected chi connectivity index (χ1v) is 13.2. The van der Waals surface area contributed by atoms with Gasteiger partial charge in [-0.2, -0.15) is 0 Å². The molecule has 206 valence electrons. The molecule has 3 amide bonds. The van der Waals surface area contributed by atoms with Gasteiger partial charge in [0.1, 0.15) is 11.9 Å². The van der Waals surface area contributed by atoms with E-state index in [9.17, 15) is 18.8 Å². The van der Waals surface area contributed by atoms with E-state index in [4.69, 9.17) is 0 Å². The van der Waals surface area contributed by atoms with Gasteiger partial charge in [0.2, 0.25) is 5.91 Å². The minimum atomic E-state index is -0.872. The van der Waals surface area contributed by atoms with Crippen LogP contribution < -0.4 is 16.0 Å². The molecule has 0 heterocycles. The lowest BCUT2D eigenvalue weighted by molar-refractivity contribution is -0.122. The van der Waals surface area contributed by atoms with Crippen molar-refractivity contribution in [2.24, 2.45) is 0 Å². The Balaban J connectivity index is 1.52. The molecule has 0 aliphatic carbocycles. The topological polar surface area (TPSA) is 90.5 Å². The average Bonchev–Trinajstić information content (AvgIpc) is 2.95. The minimum Gasteiger partial charge on any atom is -0.354 e. The Hall–Kier alpha value is -4.56. The zero-order valence-corrected chi connectivity index (χ0v) is 22.6. The zero-order chi connectivity index (χ0) is 28.5. The van der Waals surface area contributed by atoms with Gasteiger partial charge in [0.15, 0.2) is 0 Å². The molecule has 8 heteroatoms. The van der Waals surface area contributed by atoms with Crippen LogP contribution in [0, 0.1) is 5.82 Å². The fourth-order valence-electron chi connectivity index (χ4n) is 4.37. The number of hydrogen-bond acceptors (Lipinski definition) is 4. The van der Waals surface area contributed by atoms with E-state index in [2.05, 4.69) is 16.0 Å². The summed E-state index contributed by atoms with van der Waals surface area (Å²) in [5.74, 6) is -2.01. The summed E-state index contributed by atoms with van der Waals surface area (Å²) < 4.78 is 14.2. The van der Waals surface area contributed by atoms with E-state index in [0.717, 1.165) is 41.4 Å². The molecule has 0 saturated carbocycles. The van der Waals surface area contributed by atoms with Gasteiger partial charge in [-0.3, -0.25) is 14.4 Å². The highest BCUT2D eigenvalue weighted by molar-refractivity contribution is 6.10. The van der Waals surface area contributed by atoms with Gasteiger partial charge in [0, 0.05) is 18.5 Å². The van der Waals surface area contributed by atoms with Crippen LogP contribution in [0.4, 0.5) is 10.1 Å². The lowest BCUT2D eigenvalue weighted by atomic mass is 10.0. The van der Waals surface area contributed by atoms with E-state index < -0.39 is 23.7 Å². The fraction of sp³-hybridized carbons (Fsp3) is 0.219. The number of carbonyl (C=O) groups excluding carboxylic acids is 3. The van der Waals surface area contributed by atoms with Crippen LogP contribution in [0.1, 0.15) is 32.7 Å². The monoisotopic (exact) mass is 540 g/mol. The molecule has 0 spiro atoms. The highest BCUT2D eigenvalue weighted by atomic mass is 19.1. The Morgan fingerprint density at radius 2 is 1.55 bits per heavy atom. The summed E-state index contributed by atoms with van der Waals surface area (Å²) in [6.45, 7) is 1.27. The standard InChI is InChI=1S/C32H33FN4O3/c1-37(2)18-8-17-34-32(40)29(19-22-9-4-3-5-10-22)36-31(39)27-16-15-26(33)21-28(27)35-30(38)25-14-13-23-11-6-7-12-24(23)20-25/h3-7,9-16,20-21,29H,8,17-19H2,1-2H3,(H,34,40)(H,35,38)(H,36,39)/t29-/m0/s1. The summed E-state index contributed by atoms with van der Waals surface area (Å²) in [7, 11) is 3.92. The Bertz CT molecular complexity index is 1490. The van der Waals surface area contributed by atoms with E-state index in [1.54, 1.807) is 12.1 Å². The van der Waals surface area contributed by atoms with Crippen molar-refractivity contribution in [1.29, 1.82) is 0 Å². The third kappa shape index (κ3) is 7.74. The van der Waals surface area contributed by atoms with E-state index in [1.807, 2.05) is 79.7 Å². The molecule has 0 aliphatic rings. The van der Waals surface area contributed by atoms with Crippen molar-refractivity contribution in [1.82, 2.24) is 15.5 Å². The third-order valence-corrected chi connectivity index (χ3v) is 6.47. The molecule has 0 aliphatic heterocycles. The highest BCUT2D eigenvalue weighted by Crippen LogP contribution is 2.21. The van der Waals surface area contributed by atoms with Gasteiger partial charge in [0.25, 0.3) is 11.8 Å². The van der Waals surface area contributed by atoms with Gasteiger partial charge in [-0.1, -0.05) is 60.7 Å². The molecule has 0 bridgehead atoms. The first kappa shape index (κ1) is 28.4. The number of benzene rings is 4. The van der Waals surface area contributed by atoms with Crippen LogP contribution in [0.5, 0.6) is 0 Å². The van der Waals surface area contributed by atoms with Crippen LogP contribution in [-0.4, -0.2) is 55.8 Å². The number of anilines is 1. The summed E-state index contributed by atoms with van der Waals surface area (Å²) in [5, 5.41) is 10.2. The van der Waals surface area contributed by atoms with E-state index in [1.165, 1.54) is 6.07 Å². The number of fused-ring (bicyclic) bond motifs is 1. The van der Waals surface area contributed by atoms with Crippen LogP contribution >= 0.6 is 0 Å². The Labute approximate surface area is 233 Å². The fourth-order valence-corrected chi connectivity index (χ4v) is 4.37. The maximum Gasteiger partial charge on any atom is 0.255 e. The molecule has 0 radical (unpaired) electrons. The van der Waals surface area contributed by atoms with Crippen molar-refractivity contribution in [3.63, 3.8) is 0 Å². The number of halogens is 1. The molecule has 4 aromatic carbocycles. The molecule has 0 unspecified atom stereocenters. The lowest BCUT2D eigenvalue weighted by Crippen LogP contribution is -2.48. The third-order valence-electron chi connectivity index (χ3n) is 6.47. The SMILES string of the molecule is CN(C)CCCNC(=O)[C@H](Cc1ccccc1)NC(=O)c1ccc(F)cc1NC(=O)c1ccc2ccccc2c1. The second-order valence-corrected chi connectivity index (χ2v) is 9.87. The van der Waals surface area contributed by atoms with Crippen LogP contribution in [0.25, 0.3) is 10.8 Å². The van der Waals surface area contributed by atoms with E-state index in [0.29, 0.717) is 12.1 Å². The van der Waals surface area contributed by atoms with Crippen molar-refractivity contribution in [2.75, 3.05) is 32.5 Å². The maximum atomic E-state index is 14.2. The minimum absolute atomic E-state index is 0.0144. The van der Waals surface area contributed by atoms with Crippen molar-refractivity contribution in [3.8, 4) is 0 Å². The number of hydrogen-bond donors (Lipinski definition) is 3. The van der Waals surface area contributed by atoms with Gasteiger partial charge in [-0.05, 0) is 73.7 Å². The Morgan fingerprint density at radius 1 is 0.825 bits per heavy atom. The lowest BCUT2D eigenvalue weighted by Gasteiger charge is -2.20. The van der Waals surface area contributed by atoms with Gasteiger partial charge in [-0.25, -0.2) is 4.39 Å². The second-order valence-electron chi connectivity index (χ2n) is 9.87. The second kappa shape index (κ2) is 13.5. The van der Waals surface area contributed by atoms with E-state index >= 15 is 0 Å². The molecular formula is C32H33FN4O3. The summed E-state index contributed by atoms with van der Waals surface area (Å²) in [6, 6.07) is 24.9. The molecule has 7 nitrogen and oxygen atoms in total. The van der Waals surface area contributed by atoms with Gasteiger partial charge in [0.05, 0.1) is 11.3 Å². The van der Waals surface area contributed by atoms with Gasteiger partial charge in [-0.15, -0.1) is 0 Å². The first-order valence-electron chi connectivity index (χ1n) is 13.2. The molecule has 0 aromatic heterocycles. The first-order chi connectivity index (χ1) is 19.3. The summed E-state index contributed by atoms with van der Waals surface area (Å²) in [5.41, 5.74) is 1.31. The number of nitrogens with zero attached hydrogens (tertiary/aromatic N) is 1. The Morgan fingerprint density at radius 3 is 2.30 bits per heavy atom. The largest absolute Gasteiger partial charge is 0.354 e. The summed E-state index contributed by atoms with van der Waals surface area (Å²) in [4.78, 5) is 41.6.